The Hall–Kier alpha value is -2.32. The van der Waals surface area contributed by atoms with Crippen molar-refractivity contribution in [1.82, 2.24) is 24.6 Å². The van der Waals surface area contributed by atoms with Crippen LogP contribution in [-0.2, 0) is 12.0 Å². The van der Waals surface area contributed by atoms with E-state index in [1.807, 2.05) is 30.3 Å². The maximum atomic E-state index is 13.3. The van der Waals surface area contributed by atoms with E-state index in [0.29, 0.717) is 22.1 Å². The molecular weight excluding hydrogens is 438 g/mol. The molecular formula is C28H41N5O2. The maximum absolute atomic E-state index is 13.3. The van der Waals surface area contributed by atoms with Gasteiger partial charge in [-0.05, 0) is 56.4 Å². The topological polar surface area (TPSA) is 56.1 Å². The molecule has 4 rings (SSSR count). The van der Waals surface area contributed by atoms with Crippen LogP contribution < -0.4 is 5.43 Å². The first-order chi connectivity index (χ1) is 16.6. The van der Waals surface area contributed by atoms with E-state index in [2.05, 4.69) is 61.5 Å². The quantitative estimate of drug-likeness (QED) is 0.523. The molecule has 7 nitrogen and oxygen atoms in total. The normalized spacial score (nSPS) is 19.1. The molecule has 0 spiro atoms. The Kier molecular flexibility index (Phi) is 7.91. The molecule has 35 heavy (non-hydrogen) atoms. The lowest BCUT2D eigenvalue weighted by Crippen LogP contribution is -2.43. The van der Waals surface area contributed by atoms with Crippen molar-refractivity contribution in [2.24, 2.45) is 0 Å². The van der Waals surface area contributed by atoms with Crippen molar-refractivity contribution in [2.75, 3.05) is 73.5 Å². The highest BCUT2D eigenvalue weighted by molar-refractivity contribution is 5.88. The first-order valence-corrected chi connectivity index (χ1v) is 12.7. The van der Waals surface area contributed by atoms with Gasteiger partial charge in [0.15, 0.2) is 0 Å². The highest BCUT2D eigenvalue weighted by atomic mass is 16.3. The number of aromatic nitrogens is 1. The largest absolute Gasteiger partial charge is 0.437 e. The monoisotopic (exact) mass is 479 g/mol. The number of hydrogen-bond acceptors (Lipinski definition) is 7. The van der Waals surface area contributed by atoms with Gasteiger partial charge in [-0.3, -0.25) is 9.69 Å². The SMILES string of the molecule is CN1CCN(C)CCN(Cc2ccc3c(=O)c4cc(C(C)(C)C)ccc4oc3n2)CCN(C)CC1. The summed E-state index contributed by atoms with van der Waals surface area (Å²) in [7, 11) is 6.60. The third kappa shape index (κ3) is 6.47. The third-order valence-corrected chi connectivity index (χ3v) is 7.17. The van der Waals surface area contributed by atoms with Gasteiger partial charge in [-0.15, -0.1) is 0 Å². The minimum atomic E-state index is -0.0299. The molecule has 0 aliphatic carbocycles. The second-order valence-corrected chi connectivity index (χ2v) is 11.2. The predicted molar refractivity (Wildman–Crippen MR) is 144 cm³/mol. The van der Waals surface area contributed by atoms with Crippen LogP contribution in [0.25, 0.3) is 22.1 Å². The smallest absolute Gasteiger partial charge is 0.230 e. The summed E-state index contributed by atoms with van der Waals surface area (Å²) in [6.07, 6.45) is 0. The molecule has 3 heterocycles. The van der Waals surface area contributed by atoms with Crippen molar-refractivity contribution in [1.29, 1.82) is 0 Å². The second kappa shape index (κ2) is 10.7. The van der Waals surface area contributed by atoms with E-state index >= 15 is 0 Å². The predicted octanol–water partition coefficient (Wildman–Crippen LogP) is 3.25. The number of rotatable bonds is 2. The zero-order chi connectivity index (χ0) is 25.2. The summed E-state index contributed by atoms with van der Waals surface area (Å²) in [6, 6.07) is 9.79. The number of nitrogens with zero attached hydrogens (tertiary/aromatic N) is 5. The first kappa shape index (κ1) is 25.8. The highest BCUT2D eigenvalue weighted by Crippen LogP contribution is 2.26. The Bertz CT molecular complexity index is 1200. The lowest BCUT2D eigenvalue weighted by molar-refractivity contribution is 0.161. The van der Waals surface area contributed by atoms with Gasteiger partial charge in [-0.25, -0.2) is 4.98 Å². The van der Waals surface area contributed by atoms with E-state index in [1.54, 1.807) is 0 Å². The Balaban J connectivity index is 1.57. The molecule has 1 aliphatic rings. The Morgan fingerprint density at radius 3 is 1.94 bits per heavy atom. The van der Waals surface area contributed by atoms with Gasteiger partial charge in [0.05, 0.1) is 16.5 Å². The van der Waals surface area contributed by atoms with Crippen LogP contribution in [0.4, 0.5) is 0 Å². The molecule has 0 N–H and O–H groups in total. The van der Waals surface area contributed by atoms with Crippen LogP contribution in [-0.4, -0.2) is 98.1 Å². The molecule has 0 amide bonds. The molecule has 0 atom stereocenters. The lowest BCUT2D eigenvalue weighted by atomic mass is 9.86. The van der Waals surface area contributed by atoms with Crippen LogP contribution in [0.1, 0.15) is 32.0 Å². The number of likely N-dealkylation sites (N-methyl/N-ethyl adjacent to an activating group) is 3. The van der Waals surface area contributed by atoms with Gasteiger partial charge < -0.3 is 19.1 Å². The lowest BCUT2D eigenvalue weighted by Gasteiger charge is -2.30. The standard InChI is InChI=1S/C28H41N5O2/c1-28(2,3)21-7-10-25-24(19-21)26(34)23-9-8-22(29-27(23)35-25)20-33-17-15-31(5)13-11-30(4)12-14-32(6)16-18-33/h7-10,19H,11-18,20H2,1-6H3. The molecule has 1 fully saturated rings. The summed E-state index contributed by atoms with van der Waals surface area (Å²) >= 11 is 0. The van der Waals surface area contributed by atoms with Crippen LogP contribution in [0.3, 0.4) is 0 Å². The summed E-state index contributed by atoms with van der Waals surface area (Å²) < 4.78 is 6.13. The molecule has 1 saturated heterocycles. The zero-order valence-corrected chi connectivity index (χ0v) is 22.3. The number of pyridine rings is 1. The third-order valence-electron chi connectivity index (χ3n) is 7.17. The minimum absolute atomic E-state index is 0.00840. The number of fused-ring (bicyclic) bond motifs is 2. The van der Waals surface area contributed by atoms with Gasteiger partial charge in [0.1, 0.15) is 5.58 Å². The molecule has 3 aromatic rings. The number of benzene rings is 1. The van der Waals surface area contributed by atoms with Gasteiger partial charge in [0.2, 0.25) is 11.1 Å². The molecule has 0 saturated carbocycles. The Morgan fingerprint density at radius 1 is 0.800 bits per heavy atom. The van der Waals surface area contributed by atoms with Crippen molar-refractivity contribution < 1.29 is 4.42 Å². The van der Waals surface area contributed by atoms with Crippen LogP contribution in [0.15, 0.2) is 39.5 Å². The van der Waals surface area contributed by atoms with E-state index < -0.39 is 0 Å². The van der Waals surface area contributed by atoms with Crippen LogP contribution in [0.2, 0.25) is 0 Å². The molecule has 0 bridgehead atoms. The van der Waals surface area contributed by atoms with Crippen LogP contribution in [0.5, 0.6) is 0 Å². The van der Waals surface area contributed by atoms with Gasteiger partial charge in [-0.1, -0.05) is 26.8 Å². The molecule has 1 aromatic carbocycles. The van der Waals surface area contributed by atoms with E-state index in [1.165, 1.54) is 0 Å². The van der Waals surface area contributed by atoms with Crippen molar-refractivity contribution in [3.8, 4) is 0 Å². The summed E-state index contributed by atoms with van der Waals surface area (Å²) in [5.74, 6) is 0. The molecule has 0 unspecified atom stereocenters. The van der Waals surface area contributed by atoms with E-state index in [9.17, 15) is 4.79 Å². The zero-order valence-electron chi connectivity index (χ0n) is 22.3. The molecule has 2 aromatic heterocycles. The van der Waals surface area contributed by atoms with Crippen molar-refractivity contribution in [2.45, 2.75) is 32.7 Å². The fraction of sp³-hybridized carbons (Fsp3) is 0.571. The minimum Gasteiger partial charge on any atom is -0.437 e. The molecule has 190 valence electrons. The maximum Gasteiger partial charge on any atom is 0.230 e. The van der Waals surface area contributed by atoms with Crippen LogP contribution >= 0.6 is 0 Å². The van der Waals surface area contributed by atoms with Crippen molar-refractivity contribution in [3.63, 3.8) is 0 Å². The molecule has 1 aliphatic heterocycles. The summed E-state index contributed by atoms with van der Waals surface area (Å²) in [6.45, 7) is 15.5. The molecule has 7 heteroatoms. The fourth-order valence-corrected chi connectivity index (χ4v) is 4.47. The van der Waals surface area contributed by atoms with Crippen molar-refractivity contribution >= 4 is 22.1 Å². The van der Waals surface area contributed by atoms with E-state index in [-0.39, 0.29) is 10.8 Å². The Morgan fingerprint density at radius 2 is 1.37 bits per heavy atom. The highest BCUT2D eigenvalue weighted by Gasteiger charge is 2.18. The average Bonchev–Trinajstić information content (AvgIpc) is 2.81. The van der Waals surface area contributed by atoms with E-state index in [4.69, 9.17) is 9.40 Å². The summed E-state index contributed by atoms with van der Waals surface area (Å²) in [5.41, 5.74) is 3.04. The van der Waals surface area contributed by atoms with Crippen LogP contribution in [0, 0.1) is 0 Å². The Labute approximate surface area is 209 Å². The average molecular weight is 480 g/mol. The van der Waals surface area contributed by atoms with E-state index in [0.717, 1.165) is 70.2 Å². The summed E-state index contributed by atoms with van der Waals surface area (Å²) in [4.78, 5) is 27.7. The molecule has 0 radical (unpaired) electrons. The second-order valence-electron chi connectivity index (χ2n) is 11.2. The van der Waals surface area contributed by atoms with Gasteiger partial charge in [-0.2, -0.15) is 0 Å². The van der Waals surface area contributed by atoms with Gasteiger partial charge in [0, 0.05) is 58.9 Å². The first-order valence-electron chi connectivity index (χ1n) is 12.7. The van der Waals surface area contributed by atoms with Gasteiger partial charge in [0.25, 0.3) is 0 Å². The van der Waals surface area contributed by atoms with Crippen molar-refractivity contribution in [3.05, 3.63) is 51.8 Å². The fourth-order valence-electron chi connectivity index (χ4n) is 4.47. The summed E-state index contributed by atoms with van der Waals surface area (Å²) in [5, 5.41) is 1.17. The number of hydrogen-bond donors (Lipinski definition) is 0. The van der Waals surface area contributed by atoms with Gasteiger partial charge >= 0.3 is 0 Å².